The molecule has 2 aliphatic carbocycles. The van der Waals surface area contributed by atoms with Gasteiger partial charge in [-0.15, -0.1) is 0 Å². The van der Waals surface area contributed by atoms with Crippen LogP contribution in [-0.4, -0.2) is 12.1 Å². The molecule has 0 aromatic heterocycles. The van der Waals surface area contributed by atoms with Crippen LogP contribution in [0.1, 0.15) is 66.2 Å². The molecule has 0 aromatic carbocycles. The smallest absolute Gasteiger partial charge is 0.309 e. The van der Waals surface area contributed by atoms with Gasteiger partial charge in [-0.1, -0.05) is 27.7 Å². The summed E-state index contributed by atoms with van der Waals surface area (Å²) < 4.78 is 5.82. The molecule has 0 N–H and O–H groups in total. The molecule has 0 radical (unpaired) electrons. The van der Waals surface area contributed by atoms with E-state index in [1.807, 2.05) is 0 Å². The van der Waals surface area contributed by atoms with E-state index in [9.17, 15) is 4.79 Å². The second kappa shape index (κ2) is 6.28. The SMILES string of the molecule is CC1CCC(C(=O)OC2CC(C)C(C)C(C)C2)CC1. The standard InChI is InChI=1S/C17H30O2/c1-11-5-7-15(8-6-11)17(18)19-16-9-12(2)14(4)13(3)10-16/h11-16H,5-10H2,1-4H3. The fourth-order valence-electron chi connectivity index (χ4n) is 3.77. The molecule has 19 heavy (non-hydrogen) atoms. The van der Waals surface area contributed by atoms with Gasteiger partial charge in [0.05, 0.1) is 5.92 Å². The van der Waals surface area contributed by atoms with Crippen molar-refractivity contribution in [2.24, 2.45) is 29.6 Å². The van der Waals surface area contributed by atoms with Crippen LogP contribution in [0.3, 0.4) is 0 Å². The Kier molecular flexibility index (Phi) is 4.92. The minimum absolute atomic E-state index is 0.0888. The molecule has 0 bridgehead atoms. The van der Waals surface area contributed by atoms with Crippen molar-refractivity contribution in [2.45, 2.75) is 72.3 Å². The molecule has 2 nitrogen and oxygen atoms in total. The van der Waals surface area contributed by atoms with Gasteiger partial charge in [0.1, 0.15) is 6.10 Å². The zero-order valence-electron chi connectivity index (χ0n) is 13.0. The zero-order valence-corrected chi connectivity index (χ0v) is 13.0. The Morgan fingerprint density at radius 3 is 1.95 bits per heavy atom. The van der Waals surface area contributed by atoms with Crippen LogP contribution >= 0.6 is 0 Å². The average molecular weight is 266 g/mol. The molecule has 0 spiro atoms. The van der Waals surface area contributed by atoms with Crippen LogP contribution in [0.25, 0.3) is 0 Å². The van der Waals surface area contributed by atoms with Crippen molar-refractivity contribution in [3.63, 3.8) is 0 Å². The maximum atomic E-state index is 12.2. The largest absolute Gasteiger partial charge is 0.462 e. The van der Waals surface area contributed by atoms with Gasteiger partial charge in [0, 0.05) is 0 Å². The Bertz CT molecular complexity index is 292. The summed E-state index contributed by atoms with van der Waals surface area (Å²) in [6.07, 6.45) is 6.74. The number of rotatable bonds is 2. The van der Waals surface area contributed by atoms with Gasteiger partial charge in [-0.2, -0.15) is 0 Å². The van der Waals surface area contributed by atoms with Crippen LogP contribution in [0.15, 0.2) is 0 Å². The van der Waals surface area contributed by atoms with E-state index in [1.165, 1.54) is 12.8 Å². The molecule has 0 heterocycles. The molecule has 110 valence electrons. The van der Waals surface area contributed by atoms with Crippen LogP contribution in [0, 0.1) is 29.6 Å². The third-order valence-electron chi connectivity index (χ3n) is 5.70. The molecule has 2 saturated carbocycles. The summed E-state index contributed by atoms with van der Waals surface area (Å²) in [6.45, 7) is 9.20. The number of hydrogen-bond donors (Lipinski definition) is 0. The lowest BCUT2D eigenvalue weighted by Gasteiger charge is -2.37. The van der Waals surface area contributed by atoms with Crippen molar-refractivity contribution in [1.29, 1.82) is 0 Å². The number of hydrogen-bond acceptors (Lipinski definition) is 2. The van der Waals surface area contributed by atoms with Crippen LogP contribution in [0.2, 0.25) is 0 Å². The second-order valence-corrected chi connectivity index (χ2v) is 7.30. The van der Waals surface area contributed by atoms with E-state index in [4.69, 9.17) is 4.74 Å². The minimum Gasteiger partial charge on any atom is -0.462 e. The quantitative estimate of drug-likeness (QED) is 0.691. The topological polar surface area (TPSA) is 26.3 Å². The highest BCUT2D eigenvalue weighted by atomic mass is 16.5. The minimum atomic E-state index is 0.0888. The van der Waals surface area contributed by atoms with Gasteiger partial charge in [0.25, 0.3) is 0 Å². The lowest BCUT2D eigenvalue weighted by Crippen LogP contribution is -2.35. The Labute approximate surface area is 118 Å². The first-order valence-electron chi connectivity index (χ1n) is 8.17. The van der Waals surface area contributed by atoms with Crippen molar-refractivity contribution < 1.29 is 9.53 Å². The Morgan fingerprint density at radius 2 is 1.42 bits per heavy atom. The lowest BCUT2D eigenvalue weighted by atomic mass is 9.73. The molecule has 2 aliphatic rings. The van der Waals surface area contributed by atoms with Crippen molar-refractivity contribution in [1.82, 2.24) is 0 Å². The second-order valence-electron chi connectivity index (χ2n) is 7.30. The number of carbonyl (C=O) groups excluding carboxylic acids is 1. The number of ether oxygens (including phenoxy) is 1. The highest BCUT2D eigenvalue weighted by Crippen LogP contribution is 2.36. The van der Waals surface area contributed by atoms with Crippen molar-refractivity contribution in [3.8, 4) is 0 Å². The third kappa shape index (κ3) is 3.73. The van der Waals surface area contributed by atoms with Gasteiger partial charge in [-0.05, 0) is 62.2 Å². The highest BCUT2D eigenvalue weighted by Gasteiger charge is 2.34. The normalized spacial score (nSPS) is 43.8. The van der Waals surface area contributed by atoms with Gasteiger partial charge in [0.2, 0.25) is 0 Å². The van der Waals surface area contributed by atoms with Gasteiger partial charge in [0.15, 0.2) is 0 Å². The summed E-state index contributed by atoms with van der Waals surface area (Å²) in [5.74, 6) is 3.16. The van der Waals surface area contributed by atoms with Gasteiger partial charge in [-0.3, -0.25) is 4.79 Å². The van der Waals surface area contributed by atoms with E-state index >= 15 is 0 Å². The Morgan fingerprint density at radius 1 is 0.895 bits per heavy atom. The van der Waals surface area contributed by atoms with E-state index in [0.717, 1.165) is 37.5 Å². The lowest BCUT2D eigenvalue weighted by molar-refractivity contribution is -0.159. The predicted molar refractivity (Wildman–Crippen MR) is 77.7 cm³/mol. The monoisotopic (exact) mass is 266 g/mol. The average Bonchev–Trinajstić information content (AvgIpc) is 2.36. The van der Waals surface area contributed by atoms with Crippen LogP contribution in [0.5, 0.6) is 0 Å². The van der Waals surface area contributed by atoms with Crippen LogP contribution < -0.4 is 0 Å². The molecule has 0 aromatic rings. The molecule has 0 saturated heterocycles. The third-order valence-corrected chi connectivity index (χ3v) is 5.70. The molecule has 2 fully saturated rings. The summed E-state index contributed by atoms with van der Waals surface area (Å²) >= 11 is 0. The molecule has 2 atom stereocenters. The van der Waals surface area contributed by atoms with Gasteiger partial charge < -0.3 is 4.74 Å². The number of esters is 1. The van der Waals surface area contributed by atoms with E-state index in [1.54, 1.807) is 0 Å². The van der Waals surface area contributed by atoms with E-state index < -0.39 is 0 Å². The Balaban J connectivity index is 1.82. The molecule has 2 unspecified atom stereocenters. The fourth-order valence-corrected chi connectivity index (χ4v) is 3.77. The van der Waals surface area contributed by atoms with E-state index in [2.05, 4.69) is 27.7 Å². The first kappa shape index (κ1) is 14.9. The summed E-state index contributed by atoms with van der Waals surface area (Å²) in [5.41, 5.74) is 0. The summed E-state index contributed by atoms with van der Waals surface area (Å²) in [4.78, 5) is 12.2. The zero-order chi connectivity index (χ0) is 14.0. The molecule has 2 heteroatoms. The van der Waals surface area contributed by atoms with Crippen LogP contribution in [0.4, 0.5) is 0 Å². The van der Waals surface area contributed by atoms with Crippen LogP contribution in [-0.2, 0) is 9.53 Å². The van der Waals surface area contributed by atoms with Gasteiger partial charge >= 0.3 is 5.97 Å². The maximum Gasteiger partial charge on any atom is 0.309 e. The number of carbonyl (C=O) groups is 1. The molecular weight excluding hydrogens is 236 g/mol. The van der Waals surface area contributed by atoms with Crippen molar-refractivity contribution in [3.05, 3.63) is 0 Å². The Hall–Kier alpha value is -0.530. The molecule has 0 aliphatic heterocycles. The first-order valence-corrected chi connectivity index (χ1v) is 8.17. The van der Waals surface area contributed by atoms with E-state index in [-0.39, 0.29) is 18.0 Å². The maximum absolute atomic E-state index is 12.2. The predicted octanol–water partition coefficient (Wildman–Crippen LogP) is 4.43. The molecule has 0 amide bonds. The van der Waals surface area contributed by atoms with Crippen molar-refractivity contribution >= 4 is 5.97 Å². The van der Waals surface area contributed by atoms with E-state index in [0.29, 0.717) is 11.8 Å². The summed E-state index contributed by atoms with van der Waals surface area (Å²) in [5, 5.41) is 0. The highest BCUT2D eigenvalue weighted by molar-refractivity contribution is 5.72. The fraction of sp³-hybridized carbons (Fsp3) is 0.941. The first-order chi connectivity index (χ1) is 8.97. The van der Waals surface area contributed by atoms with Crippen molar-refractivity contribution in [2.75, 3.05) is 0 Å². The summed E-state index contributed by atoms with van der Waals surface area (Å²) in [6, 6.07) is 0. The molecule has 2 rings (SSSR count). The van der Waals surface area contributed by atoms with Gasteiger partial charge in [-0.25, -0.2) is 0 Å². The molecular formula is C17H30O2. The summed E-state index contributed by atoms with van der Waals surface area (Å²) in [7, 11) is 0.